The van der Waals surface area contributed by atoms with E-state index in [0.29, 0.717) is 11.7 Å². The summed E-state index contributed by atoms with van der Waals surface area (Å²) in [6.45, 7) is 4.39. The van der Waals surface area contributed by atoms with Gasteiger partial charge in [0.1, 0.15) is 5.75 Å². The molecule has 0 saturated carbocycles. The molecule has 1 atom stereocenters. The Labute approximate surface area is 93.3 Å². The molecule has 0 aliphatic heterocycles. The van der Waals surface area contributed by atoms with Crippen LogP contribution in [0.15, 0.2) is 18.2 Å². The van der Waals surface area contributed by atoms with Crippen LogP contribution in [0, 0.1) is 0 Å². The van der Waals surface area contributed by atoms with Crippen molar-refractivity contribution in [1.29, 1.82) is 0 Å². The molecule has 2 heteroatoms. The highest BCUT2D eigenvalue weighted by molar-refractivity contribution is 14.1. The van der Waals surface area contributed by atoms with Crippen molar-refractivity contribution in [2.75, 3.05) is 0 Å². The van der Waals surface area contributed by atoms with E-state index in [9.17, 15) is 5.11 Å². The van der Waals surface area contributed by atoms with E-state index in [4.69, 9.17) is 0 Å². The minimum atomic E-state index is 0.418. The van der Waals surface area contributed by atoms with Gasteiger partial charge in [-0.25, -0.2) is 0 Å². The predicted molar refractivity (Wildman–Crippen MR) is 64.5 cm³/mol. The molecule has 1 nitrogen and oxygen atoms in total. The summed E-state index contributed by atoms with van der Waals surface area (Å²) in [4.78, 5) is 0. The number of hydrogen-bond acceptors (Lipinski definition) is 1. The summed E-state index contributed by atoms with van der Waals surface area (Å²) in [7, 11) is 0. The van der Waals surface area contributed by atoms with Crippen molar-refractivity contribution in [3.63, 3.8) is 0 Å². The van der Waals surface area contributed by atoms with Gasteiger partial charge in [-0.3, -0.25) is 0 Å². The van der Waals surface area contributed by atoms with Gasteiger partial charge in [0.15, 0.2) is 0 Å². The molecule has 1 aromatic rings. The molecule has 0 amide bonds. The van der Waals surface area contributed by atoms with Crippen molar-refractivity contribution in [2.45, 2.75) is 30.6 Å². The molecule has 0 spiro atoms. The Hall–Kier alpha value is -0.250. The molecule has 1 aromatic carbocycles. The molecule has 13 heavy (non-hydrogen) atoms. The van der Waals surface area contributed by atoms with E-state index in [1.165, 1.54) is 5.56 Å². The fraction of sp³-hybridized carbons (Fsp3) is 0.455. The van der Waals surface area contributed by atoms with Crippen LogP contribution in [0.3, 0.4) is 0 Å². The zero-order chi connectivity index (χ0) is 9.84. The Kier molecular flexibility index (Phi) is 4.03. The van der Waals surface area contributed by atoms with Crippen molar-refractivity contribution in [1.82, 2.24) is 0 Å². The van der Waals surface area contributed by atoms with Crippen LogP contribution in [0.5, 0.6) is 5.75 Å². The Bertz CT molecular complexity index is 283. The van der Waals surface area contributed by atoms with Crippen LogP contribution in [0.1, 0.15) is 37.3 Å². The van der Waals surface area contributed by atoms with E-state index in [0.717, 1.165) is 16.4 Å². The highest BCUT2D eigenvalue weighted by Crippen LogP contribution is 2.26. The summed E-state index contributed by atoms with van der Waals surface area (Å²) in [5.74, 6) is 1.00. The first-order chi connectivity index (χ1) is 6.19. The molecule has 0 saturated heterocycles. The molecule has 0 heterocycles. The van der Waals surface area contributed by atoms with Gasteiger partial charge in [-0.05, 0) is 24.0 Å². The van der Waals surface area contributed by atoms with Crippen LogP contribution in [0.25, 0.3) is 0 Å². The lowest BCUT2D eigenvalue weighted by atomic mass is 9.97. The molecule has 72 valence electrons. The molecular weight excluding hydrogens is 275 g/mol. The number of halogens is 1. The van der Waals surface area contributed by atoms with Gasteiger partial charge < -0.3 is 5.11 Å². The molecule has 0 bridgehead atoms. The van der Waals surface area contributed by atoms with Crippen LogP contribution < -0.4 is 0 Å². The van der Waals surface area contributed by atoms with Crippen LogP contribution in [0.2, 0.25) is 0 Å². The number of alkyl halides is 1. The SMILES string of the molecule is CCC(C)c1ccc(O)c(CI)c1. The van der Waals surface area contributed by atoms with Crippen molar-refractivity contribution in [3.8, 4) is 5.75 Å². The molecule has 1 unspecified atom stereocenters. The number of benzene rings is 1. The van der Waals surface area contributed by atoms with E-state index < -0.39 is 0 Å². The summed E-state index contributed by atoms with van der Waals surface area (Å²) in [5.41, 5.74) is 2.37. The molecule has 1 rings (SSSR count). The van der Waals surface area contributed by atoms with Crippen molar-refractivity contribution in [2.24, 2.45) is 0 Å². The zero-order valence-electron chi connectivity index (χ0n) is 8.05. The minimum absolute atomic E-state index is 0.418. The Morgan fingerprint density at radius 1 is 1.46 bits per heavy atom. The summed E-state index contributed by atoms with van der Waals surface area (Å²) in [6, 6.07) is 5.92. The zero-order valence-corrected chi connectivity index (χ0v) is 10.2. The second-order valence-corrected chi connectivity index (χ2v) is 4.09. The summed E-state index contributed by atoms with van der Waals surface area (Å²) in [5, 5.41) is 9.48. The third kappa shape index (κ3) is 2.59. The van der Waals surface area contributed by atoms with Crippen LogP contribution in [0.4, 0.5) is 0 Å². The van der Waals surface area contributed by atoms with E-state index in [2.05, 4.69) is 42.5 Å². The van der Waals surface area contributed by atoms with E-state index >= 15 is 0 Å². The maximum absolute atomic E-state index is 9.48. The molecular formula is C11H15IO. The van der Waals surface area contributed by atoms with Gasteiger partial charge in [0.25, 0.3) is 0 Å². The van der Waals surface area contributed by atoms with Crippen molar-refractivity contribution < 1.29 is 5.11 Å². The summed E-state index contributed by atoms with van der Waals surface area (Å²) in [6.07, 6.45) is 1.14. The summed E-state index contributed by atoms with van der Waals surface area (Å²) < 4.78 is 0.869. The maximum atomic E-state index is 9.48. The lowest BCUT2D eigenvalue weighted by Gasteiger charge is -2.10. The number of aromatic hydroxyl groups is 1. The van der Waals surface area contributed by atoms with Gasteiger partial charge in [-0.2, -0.15) is 0 Å². The molecule has 0 aliphatic rings. The first-order valence-corrected chi connectivity index (χ1v) is 6.09. The average Bonchev–Trinajstić information content (AvgIpc) is 2.17. The second kappa shape index (κ2) is 4.84. The van der Waals surface area contributed by atoms with Crippen LogP contribution in [-0.2, 0) is 4.43 Å². The van der Waals surface area contributed by atoms with Gasteiger partial charge in [0.2, 0.25) is 0 Å². The van der Waals surface area contributed by atoms with Crippen LogP contribution in [-0.4, -0.2) is 5.11 Å². The standard InChI is InChI=1S/C11H15IO/c1-3-8(2)9-4-5-11(13)10(6-9)7-12/h4-6,8,13H,3,7H2,1-2H3. The fourth-order valence-electron chi connectivity index (χ4n) is 1.25. The third-order valence-electron chi connectivity index (χ3n) is 2.43. The predicted octanol–water partition coefficient (Wildman–Crippen LogP) is 3.84. The van der Waals surface area contributed by atoms with Gasteiger partial charge in [0.05, 0.1) is 0 Å². The number of phenolic OH excluding ortho intramolecular Hbond substituents is 1. The smallest absolute Gasteiger partial charge is 0.119 e. The Morgan fingerprint density at radius 3 is 2.69 bits per heavy atom. The topological polar surface area (TPSA) is 20.2 Å². The lowest BCUT2D eigenvalue weighted by Crippen LogP contribution is -1.92. The molecule has 0 fully saturated rings. The van der Waals surface area contributed by atoms with Gasteiger partial charge in [-0.15, -0.1) is 0 Å². The molecule has 1 N–H and O–H groups in total. The second-order valence-electron chi connectivity index (χ2n) is 3.33. The van der Waals surface area contributed by atoms with Crippen molar-refractivity contribution in [3.05, 3.63) is 29.3 Å². The maximum Gasteiger partial charge on any atom is 0.119 e. The first-order valence-electron chi connectivity index (χ1n) is 4.56. The van der Waals surface area contributed by atoms with E-state index in [-0.39, 0.29) is 0 Å². The van der Waals surface area contributed by atoms with Crippen LogP contribution >= 0.6 is 22.6 Å². The molecule has 0 radical (unpaired) electrons. The normalized spacial score (nSPS) is 12.8. The van der Waals surface area contributed by atoms with Gasteiger partial charge in [0, 0.05) is 9.99 Å². The molecule has 0 aromatic heterocycles. The Balaban J connectivity index is 2.99. The number of rotatable bonds is 3. The first kappa shape index (κ1) is 10.8. The van der Waals surface area contributed by atoms with Crippen molar-refractivity contribution >= 4 is 22.6 Å². The third-order valence-corrected chi connectivity index (χ3v) is 3.25. The van der Waals surface area contributed by atoms with E-state index in [1.807, 2.05) is 6.07 Å². The largest absolute Gasteiger partial charge is 0.508 e. The van der Waals surface area contributed by atoms with Gasteiger partial charge in [-0.1, -0.05) is 48.6 Å². The molecule has 0 aliphatic carbocycles. The highest BCUT2D eigenvalue weighted by atomic mass is 127. The van der Waals surface area contributed by atoms with E-state index in [1.54, 1.807) is 6.07 Å². The minimum Gasteiger partial charge on any atom is -0.508 e. The number of hydrogen-bond donors (Lipinski definition) is 1. The quantitative estimate of drug-likeness (QED) is 0.662. The highest BCUT2D eigenvalue weighted by Gasteiger charge is 2.05. The van der Waals surface area contributed by atoms with Gasteiger partial charge >= 0.3 is 0 Å². The average molecular weight is 290 g/mol. The summed E-state index contributed by atoms with van der Waals surface area (Å²) >= 11 is 2.27. The monoisotopic (exact) mass is 290 g/mol. The number of phenols is 1. The Morgan fingerprint density at radius 2 is 2.15 bits per heavy atom. The lowest BCUT2D eigenvalue weighted by molar-refractivity contribution is 0.470. The fourth-order valence-corrected chi connectivity index (χ4v) is 1.87.